The van der Waals surface area contributed by atoms with Crippen molar-refractivity contribution in [3.05, 3.63) is 46.5 Å². The third-order valence-corrected chi connectivity index (χ3v) is 5.34. The second kappa shape index (κ2) is 6.18. The SMILES string of the molecule is CC(C)(C)c1n[nH]c2c1CN(C(=O)CC1C(=O)Nc3cc(F)ccc31)CC2. The molecule has 7 heteroatoms. The standard InChI is InChI=1S/C20H23FN4O2/c1-20(2,3)18-14-10-25(7-6-15(14)23-24-18)17(26)9-13-12-5-4-11(21)8-16(12)22-19(13)27/h4-5,8,13H,6-7,9-10H2,1-3H3,(H,22,27)(H,23,24). The number of nitrogens with zero attached hydrogens (tertiary/aromatic N) is 2. The summed E-state index contributed by atoms with van der Waals surface area (Å²) < 4.78 is 13.4. The Bertz CT molecular complexity index is 929. The van der Waals surface area contributed by atoms with E-state index < -0.39 is 11.7 Å². The van der Waals surface area contributed by atoms with Gasteiger partial charge in [0, 0.05) is 48.3 Å². The number of nitrogens with one attached hydrogen (secondary N) is 2. The van der Waals surface area contributed by atoms with Gasteiger partial charge in [-0.05, 0) is 17.7 Å². The predicted molar refractivity (Wildman–Crippen MR) is 98.8 cm³/mol. The van der Waals surface area contributed by atoms with Crippen molar-refractivity contribution < 1.29 is 14.0 Å². The molecule has 1 aromatic carbocycles. The summed E-state index contributed by atoms with van der Waals surface area (Å²) in [5.41, 5.74) is 4.19. The Labute approximate surface area is 157 Å². The van der Waals surface area contributed by atoms with Crippen LogP contribution in [0.4, 0.5) is 10.1 Å². The van der Waals surface area contributed by atoms with E-state index in [2.05, 4.69) is 36.3 Å². The van der Waals surface area contributed by atoms with E-state index >= 15 is 0 Å². The molecule has 0 fully saturated rings. The molecule has 2 aliphatic rings. The minimum atomic E-state index is -0.569. The maximum Gasteiger partial charge on any atom is 0.232 e. The van der Waals surface area contributed by atoms with E-state index in [1.807, 2.05) is 0 Å². The maximum absolute atomic E-state index is 13.4. The highest BCUT2D eigenvalue weighted by atomic mass is 19.1. The van der Waals surface area contributed by atoms with Crippen molar-refractivity contribution in [2.45, 2.75) is 51.5 Å². The first kappa shape index (κ1) is 17.7. The second-order valence-corrected chi connectivity index (χ2v) is 8.32. The number of carbonyl (C=O) groups excluding carboxylic acids is 2. The van der Waals surface area contributed by atoms with Crippen molar-refractivity contribution in [3.8, 4) is 0 Å². The van der Waals surface area contributed by atoms with Crippen LogP contribution in [0, 0.1) is 5.82 Å². The fourth-order valence-corrected chi connectivity index (χ4v) is 3.94. The first-order valence-electron chi connectivity index (χ1n) is 9.18. The van der Waals surface area contributed by atoms with Crippen LogP contribution in [0.2, 0.25) is 0 Å². The number of amides is 2. The quantitative estimate of drug-likeness (QED) is 0.853. The topological polar surface area (TPSA) is 78.1 Å². The Balaban J connectivity index is 1.52. The van der Waals surface area contributed by atoms with E-state index in [0.29, 0.717) is 24.3 Å². The number of anilines is 1. The summed E-state index contributed by atoms with van der Waals surface area (Å²) >= 11 is 0. The molecule has 6 nitrogen and oxygen atoms in total. The smallest absolute Gasteiger partial charge is 0.232 e. The number of hydrogen-bond acceptors (Lipinski definition) is 3. The molecule has 3 heterocycles. The zero-order valence-corrected chi connectivity index (χ0v) is 15.7. The molecule has 1 unspecified atom stereocenters. The van der Waals surface area contributed by atoms with Crippen LogP contribution in [-0.4, -0.2) is 33.5 Å². The van der Waals surface area contributed by atoms with Crippen LogP contribution in [-0.2, 0) is 28.0 Å². The number of benzene rings is 1. The lowest BCUT2D eigenvalue weighted by atomic mass is 9.87. The third kappa shape index (κ3) is 3.11. The monoisotopic (exact) mass is 370 g/mol. The van der Waals surface area contributed by atoms with Crippen LogP contribution >= 0.6 is 0 Å². The van der Waals surface area contributed by atoms with E-state index in [0.717, 1.165) is 23.4 Å². The maximum atomic E-state index is 13.4. The number of halogens is 1. The van der Waals surface area contributed by atoms with Gasteiger partial charge in [-0.25, -0.2) is 4.39 Å². The Morgan fingerprint density at radius 2 is 2.15 bits per heavy atom. The Hall–Kier alpha value is -2.70. The molecule has 4 rings (SSSR count). The van der Waals surface area contributed by atoms with Gasteiger partial charge >= 0.3 is 0 Å². The molecule has 0 saturated carbocycles. The highest BCUT2D eigenvalue weighted by molar-refractivity contribution is 6.04. The van der Waals surface area contributed by atoms with Crippen LogP contribution in [0.15, 0.2) is 18.2 Å². The van der Waals surface area contributed by atoms with Crippen LogP contribution in [0.25, 0.3) is 0 Å². The van der Waals surface area contributed by atoms with Crippen LogP contribution < -0.4 is 5.32 Å². The van der Waals surface area contributed by atoms with E-state index in [-0.39, 0.29) is 23.7 Å². The molecular weight excluding hydrogens is 347 g/mol. The second-order valence-electron chi connectivity index (χ2n) is 8.32. The van der Waals surface area contributed by atoms with Gasteiger partial charge in [-0.2, -0.15) is 5.10 Å². The van der Waals surface area contributed by atoms with Crippen molar-refractivity contribution in [2.24, 2.45) is 0 Å². The van der Waals surface area contributed by atoms with E-state index in [9.17, 15) is 14.0 Å². The van der Waals surface area contributed by atoms with Gasteiger partial charge in [-0.1, -0.05) is 26.8 Å². The molecule has 2 aliphatic heterocycles. The predicted octanol–water partition coefficient (Wildman–Crippen LogP) is 2.86. The van der Waals surface area contributed by atoms with Crippen molar-refractivity contribution in [3.63, 3.8) is 0 Å². The van der Waals surface area contributed by atoms with Crippen molar-refractivity contribution >= 4 is 17.5 Å². The molecule has 2 amide bonds. The third-order valence-electron chi connectivity index (χ3n) is 5.34. The molecular formula is C20H23FN4O2. The summed E-state index contributed by atoms with van der Waals surface area (Å²) in [5.74, 6) is -1.29. The largest absolute Gasteiger partial charge is 0.338 e. The minimum Gasteiger partial charge on any atom is -0.338 e. The van der Waals surface area contributed by atoms with Gasteiger partial charge in [0.1, 0.15) is 5.82 Å². The van der Waals surface area contributed by atoms with Gasteiger partial charge in [0.2, 0.25) is 11.8 Å². The van der Waals surface area contributed by atoms with E-state index in [1.54, 1.807) is 11.0 Å². The first-order valence-corrected chi connectivity index (χ1v) is 9.18. The Morgan fingerprint density at radius 3 is 2.89 bits per heavy atom. The minimum absolute atomic E-state index is 0.0703. The van der Waals surface area contributed by atoms with Gasteiger partial charge in [0.25, 0.3) is 0 Å². The Kier molecular flexibility index (Phi) is 4.05. The highest BCUT2D eigenvalue weighted by Gasteiger charge is 2.35. The van der Waals surface area contributed by atoms with Crippen molar-refractivity contribution in [1.29, 1.82) is 0 Å². The molecule has 0 radical (unpaired) electrons. The van der Waals surface area contributed by atoms with Gasteiger partial charge < -0.3 is 10.2 Å². The number of H-pyrrole nitrogens is 1. The zero-order chi connectivity index (χ0) is 19.3. The molecule has 142 valence electrons. The summed E-state index contributed by atoms with van der Waals surface area (Å²) in [7, 11) is 0. The lowest BCUT2D eigenvalue weighted by Crippen LogP contribution is -2.37. The summed E-state index contributed by atoms with van der Waals surface area (Å²) in [6.07, 6.45) is 0.811. The van der Waals surface area contributed by atoms with Crippen molar-refractivity contribution in [1.82, 2.24) is 15.1 Å². The molecule has 0 bridgehead atoms. The molecule has 0 spiro atoms. The molecule has 27 heavy (non-hydrogen) atoms. The van der Waals surface area contributed by atoms with Gasteiger partial charge in [0.15, 0.2) is 0 Å². The first-order chi connectivity index (χ1) is 12.7. The number of aromatic nitrogens is 2. The number of hydrogen-bond donors (Lipinski definition) is 2. The average molecular weight is 370 g/mol. The molecule has 0 saturated heterocycles. The van der Waals surface area contributed by atoms with Crippen LogP contribution in [0.5, 0.6) is 0 Å². The molecule has 1 atom stereocenters. The average Bonchev–Trinajstić information content (AvgIpc) is 3.15. The molecule has 0 aliphatic carbocycles. The lowest BCUT2D eigenvalue weighted by Gasteiger charge is -2.29. The van der Waals surface area contributed by atoms with E-state index in [4.69, 9.17) is 0 Å². The van der Waals surface area contributed by atoms with Crippen LogP contribution in [0.3, 0.4) is 0 Å². The summed E-state index contributed by atoms with van der Waals surface area (Å²) in [6.45, 7) is 7.40. The summed E-state index contributed by atoms with van der Waals surface area (Å²) in [4.78, 5) is 27.0. The number of aromatic amines is 1. The normalized spacial score (nSPS) is 18.9. The fourth-order valence-electron chi connectivity index (χ4n) is 3.94. The number of fused-ring (bicyclic) bond motifs is 2. The van der Waals surface area contributed by atoms with Crippen molar-refractivity contribution in [2.75, 3.05) is 11.9 Å². The van der Waals surface area contributed by atoms with Crippen LogP contribution in [0.1, 0.15) is 55.6 Å². The molecule has 1 aromatic heterocycles. The number of rotatable bonds is 2. The highest BCUT2D eigenvalue weighted by Crippen LogP contribution is 2.36. The summed E-state index contributed by atoms with van der Waals surface area (Å²) in [5, 5.41) is 10.2. The van der Waals surface area contributed by atoms with Gasteiger partial charge in [0.05, 0.1) is 11.6 Å². The van der Waals surface area contributed by atoms with Gasteiger partial charge in [-0.15, -0.1) is 0 Å². The fraction of sp³-hybridized carbons (Fsp3) is 0.450. The Morgan fingerprint density at radius 1 is 1.37 bits per heavy atom. The van der Waals surface area contributed by atoms with Gasteiger partial charge in [-0.3, -0.25) is 14.7 Å². The molecule has 2 N–H and O–H groups in total. The number of carbonyl (C=O) groups is 2. The molecule has 2 aromatic rings. The lowest BCUT2D eigenvalue weighted by molar-refractivity contribution is -0.134. The van der Waals surface area contributed by atoms with E-state index in [1.165, 1.54) is 12.1 Å². The zero-order valence-electron chi connectivity index (χ0n) is 15.7. The summed E-state index contributed by atoms with van der Waals surface area (Å²) in [6, 6.07) is 4.21.